The number of hydrogen-bond donors (Lipinski definition) is 1. The lowest BCUT2D eigenvalue weighted by molar-refractivity contribution is 0.330. The van der Waals surface area contributed by atoms with Crippen molar-refractivity contribution in [3.05, 3.63) is 76.1 Å². The van der Waals surface area contributed by atoms with Gasteiger partial charge < -0.3 is 24.1 Å². The minimum Gasteiger partial charge on any atom is -0.497 e. The van der Waals surface area contributed by atoms with Crippen LogP contribution >= 0.6 is 0 Å². The van der Waals surface area contributed by atoms with Gasteiger partial charge in [-0.1, -0.05) is 0 Å². The minimum atomic E-state index is -0.179. The van der Waals surface area contributed by atoms with Crippen molar-refractivity contribution in [2.24, 2.45) is 0 Å². The van der Waals surface area contributed by atoms with Crippen LogP contribution in [0.5, 0.6) is 17.4 Å². The molecule has 0 radical (unpaired) electrons. The Labute approximate surface area is 197 Å². The molecule has 0 unspecified atom stereocenters. The molecule has 9 heteroatoms. The second kappa shape index (κ2) is 10.2. The number of anilines is 1. The van der Waals surface area contributed by atoms with Crippen molar-refractivity contribution in [1.29, 1.82) is 0 Å². The fourth-order valence-corrected chi connectivity index (χ4v) is 3.73. The molecule has 0 amide bonds. The van der Waals surface area contributed by atoms with Crippen LogP contribution in [0.25, 0.3) is 10.9 Å². The lowest BCUT2D eigenvalue weighted by Crippen LogP contribution is -2.18. The summed E-state index contributed by atoms with van der Waals surface area (Å²) < 4.78 is 18.4. The van der Waals surface area contributed by atoms with E-state index in [2.05, 4.69) is 20.3 Å². The molecule has 0 bridgehead atoms. The summed E-state index contributed by atoms with van der Waals surface area (Å²) >= 11 is 0. The smallest absolute Gasteiger partial charge is 0.227 e. The van der Waals surface area contributed by atoms with Gasteiger partial charge in [-0.25, -0.2) is 4.98 Å². The Balaban J connectivity index is 1.84. The SMILES string of the molecule is CCOc1nc(C)cc2c1c(=O)cc(NCc1cc(OC)ccn1)n2Cc1cc(OC)ccn1. The Hall–Kier alpha value is -4.14. The molecule has 0 aliphatic carbocycles. The molecule has 0 saturated heterocycles. The molecule has 0 aliphatic heterocycles. The van der Waals surface area contributed by atoms with Gasteiger partial charge >= 0.3 is 0 Å². The monoisotopic (exact) mass is 461 g/mol. The number of methoxy groups -OCH3 is 2. The third kappa shape index (κ3) is 4.93. The molecule has 0 fully saturated rings. The number of rotatable bonds is 9. The molecule has 1 N–H and O–H groups in total. The van der Waals surface area contributed by atoms with E-state index in [1.54, 1.807) is 44.8 Å². The number of aryl methyl sites for hydroxylation is 1. The second-order valence-electron chi connectivity index (χ2n) is 7.60. The first-order chi connectivity index (χ1) is 16.5. The molecule has 9 nitrogen and oxygen atoms in total. The zero-order chi connectivity index (χ0) is 24.1. The molecular weight excluding hydrogens is 434 g/mol. The minimum absolute atomic E-state index is 0.179. The number of ether oxygens (including phenoxy) is 3. The normalized spacial score (nSPS) is 10.8. The van der Waals surface area contributed by atoms with E-state index in [0.717, 1.165) is 17.1 Å². The summed E-state index contributed by atoms with van der Waals surface area (Å²) in [4.78, 5) is 26.5. The van der Waals surface area contributed by atoms with Crippen molar-refractivity contribution >= 4 is 16.7 Å². The Kier molecular flexibility index (Phi) is 6.91. The quantitative estimate of drug-likeness (QED) is 0.404. The lowest BCUT2D eigenvalue weighted by atomic mass is 10.2. The van der Waals surface area contributed by atoms with E-state index in [0.29, 0.717) is 53.8 Å². The van der Waals surface area contributed by atoms with E-state index < -0.39 is 0 Å². The molecule has 4 heterocycles. The average Bonchev–Trinajstić information content (AvgIpc) is 2.84. The topological polar surface area (TPSA) is 100 Å². The molecule has 0 atom stereocenters. The fourth-order valence-electron chi connectivity index (χ4n) is 3.73. The third-order valence-corrected chi connectivity index (χ3v) is 5.29. The zero-order valence-corrected chi connectivity index (χ0v) is 19.7. The zero-order valence-electron chi connectivity index (χ0n) is 19.7. The Bertz CT molecular complexity index is 1370. The molecule has 0 saturated carbocycles. The van der Waals surface area contributed by atoms with Gasteiger partial charge in [0.05, 0.1) is 50.8 Å². The maximum Gasteiger partial charge on any atom is 0.227 e. The van der Waals surface area contributed by atoms with Crippen molar-refractivity contribution in [1.82, 2.24) is 19.5 Å². The highest BCUT2D eigenvalue weighted by molar-refractivity contribution is 5.86. The number of nitrogens with zero attached hydrogens (tertiary/aromatic N) is 4. The highest BCUT2D eigenvalue weighted by Gasteiger charge is 2.17. The van der Waals surface area contributed by atoms with Crippen LogP contribution in [-0.2, 0) is 13.1 Å². The Morgan fingerprint density at radius 3 is 2.32 bits per heavy atom. The summed E-state index contributed by atoms with van der Waals surface area (Å²) in [5.41, 5.74) is 2.82. The molecule has 4 aromatic rings. The standard InChI is InChI=1S/C25H27N5O4/c1-5-34-25-24-21(10-16(2)29-25)30(15-18-12-20(33-4)7-9-27-18)23(13-22(24)31)28-14-17-11-19(32-3)6-8-26-17/h6-13,28H,5,14-15H2,1-4H3. The predicted octanol–water partition coefficient (Wildman–Crippen LogP) is 3.57. The van der Waals surface area contributed by atoms with E-state index in [9.17, 15) is 4.79 Å². The predicted molar refractivity (Wildman–Crippen MR) is 130 cm³/mol. The van der Waals surface area contributed by atoms with Crippen LogP contribution < -0.4 is 25.0 Å². The highest BCUT2D eigenvalue weighted by atomic mass is 16.5. The van der Waals surface area contributed by atoms with Crippen molar-refractivity contribution in [2.75, 3.05) is 26.1 Å². The van der Waals surface area contributed by atoms with Crippen LogP contribution in [0.1, 0.15) is 24.0 Å². The molecule has 34 heavy (non-hydrogen) atoms. The van der Waals surface area contributed by atoms with Gasteiger partial charge in [0.25, 0.3) is 0 Å². The summed E-state index contributed by atoms with van der Waals surface area (Å²) in [5, 5.41) is 3.79. The largest absolute Gasteiger partial charge is 0.497 e. The van der Waals surface area contributed by atoms with E-state index in [-0.39, 0.29) is 5.43 Å². The summed E-state index contributed by atoms with van der Waals surface area (Å²) in [6, 6.07) is 10.7. The summed E-state index contributed by atoms with van der Waals surface area (Å²) in [7, 11) is 3.23. The van der Waals surface area contributed by atoms with E-state index in [1.807, 2.05) is 36.6 Å². The lowest BCUT2D eigenvalue weighted by Gasteiger charge is -2.19. The first-order valence-corrected chi connectivity index (χ1v) is 10.9. The van der Waals surface area contributed by atoms with Crippen molar-refractivity contribution in [2.45, 2.75) is 26.9 Å². The van der Waals surface area contributed by atoms with Gasteiger partial charge in [-0.2, -0.15) is 0 Å². The number of hydrogen-bond acceptors (Lipinski definition) is 8. The fraction of sp³-hybridized carbons (Fsp3) is 0.280. The van der Waals surface area contributed by atoms with Gasteiger partial charge in [-0.3, -0.25) is 14.8 Å². The summed E-state index contributed by atoms with van der Waals surface area (Å²) in [5.74, 6) is 2.38. The highest BCUT2D eigenvalue weighted by Crippen LogP contribution is 2.26. The molecule has 4 rings (SSSR count). The molecule has 4 aromatic heterocycles. The summed E-state index contributed by atoms with van der Waals surface area (Å²) in [6.45, 7) is 4.95. The van der Waals surface area contributed by atoms with Crippen molar-refractivity contribution < 1.29 is 14.2 Å². The third-order valence-electron chi connectivity index (χ3n) is 5.29. The summed E-state index contributed by atoms with van der Waals surface area (Å²) in [6.07, 6.45) is 3.39. The molecular formula is C25H27N5O4. The van der Waals surface area contributed by atoms with Gasteiger partial charge in [-0.05, 0) is 32.0 Å². The van der Waals surface area contributed by atoms with Gasteiger partial charge in [0, 0.05) is 36.3 Å². The second-order valence-corrected chi connectivity index (χ2v) is 7.60. The van der Waals surface area contributed by atoms with E-state index in [1.165, 1.54) is 0 Å². The van der Waals surface area contributed by atoms with Gasteiger partial charge in [0.1, 0.15) is 22.7 Å². The number of pyridine rings is 4. The number of nitrogens with one attached hydrogen (secondary N) is 1. The molecule has 0 spiro atoms. The molecule has 176 valence electrons. The van der Waals surface area contributed by atoms with Gasteiger partial charge in [-0.15, -0.1) is 0 Å². The van der Waals surface area contributed by atoms with Crippen LogP contribution in [0.15, 0.2) is 53.6 Å². The maximum atomic E-state index is 13.2. The molecule has 0 aliphatic rings. The molecule has 0 aromatic carbocycles. The van der Waals surface area contributed by atoms with Crippen molar-refractivity contribution in [3.63, 3.8) is 0 Å². The van der Waals surface area contributed by atoms with Gasteiger partial charge in [0.15, 0.2) is 5.43 Å². The Morgan fingerprint density at radius 1 is 0.971 bits per heavy atom. The van der Waals surface area contributed by atoms with Crippen LogP contribution in [0, 0.1) is 6.92 Å². The van der Waals surface area contributed by atoms with Crippen LogP contribution in [0.2, 0.25) is 0 Å². The first-order valence-electron chi connectivity index (χ1n) is 10.9. The Morgan fingerprint density at radius 2 is 1.65 bits per heavy atom. The number of fused-ring (bicyclic) bond motifs is 1. The van der Waals surface area contributed by atoms with Crippen molar-refractivity contribution in [3.8, 4) is 17.4 Å². The van der Waals surface area contributed by atoms with E-state index in [4.69, 9.17) is 14.2 Å². The number of aromatic nitrogens is 4. The van der Waals surface area contributed by atoms with Crippen LogP contribution in [0.3, 0.4) is 0 Å². The first kappa shape index (κ1) is 23.0. The van der Waals surface area contributed by atoms with Gasteiger partial charge in [0.2, 0.25) is 5.88 Å². The van der Waals surface area contributed by atoms with Crippen LogP contribution in [-0.4, -0.2) is 40.3 Å². The average molecular weight is 462 g/mol. The maximum absolute atomic E-state index is 13.2. The van der Waals surface area contributed by atoms with Crippen LogP contribution in [0.4, 0.5) is 5.82 Å². The van der Waals surface area contributed by atoms with E-state index >= 15 is 0 Å².